The van der Waals surface area contributed by atoms with Crippen LogP contribution in [0.5, 0.6) is 0 Å². The normalized spacial score (nSPS) is 10.1. The van der Waals surface area contributed by atoms with Crippen LogP contribution in [0.25, 0.3) is 0 Å². The van der Waals surface area contributed by atoms with Gasteiger partial charge in [-0.2, -0.15) is 5.10 Å². The zero-order valence-corrected chi connectivity index (χ0v) is 8.64. The Morgan fingerprint density at radius 1 is 1.44 bits per heavy atom. The lowest BCUT2D eigenvalue weighted by atomic mass is 10.3. The van der Waals surface area contributed by atoms with E-state index in [-0.39, 0.29) is 11.6 Å². The summed E-state index contributed by atoms with van der Waals surface area (Å²) < 4.78 is 14.7. The van der Waals surface area contributed by atoms with Crippen LogP contribution in [-0.4, -0.2) is 15.7 Å². The van der Waals surface area contributed by atoms with Crippen molar-refractivity contribution in [2.24, 2.45) is 7.05 Å². The average Bonchev–Trinajstić information content (AvgIpc) is 2.68. The van der Waals surface area contributed by atoms with Gasteiger partial charge in [-0.15, -0.1) is 0 Å². The smallest absolute Gasteiger partial charge is 0.258 e. The monoisotopic (exact) mass is 219 g/mol. The van der Waals surface area contributed by atoms with E-state index in [1.807, 2.05) is 0 Å². The summed E-state index contributed by atoms with van der Waals surface area (Å²) in [6, 6.07) is 6.01. The van der Waals surface area contributed by atoms with Gasteiger partial charge in [0.15, 0.2) is 0 Å². The molecule has 0 fully saturated rings. The lowest BCUT2D eigenvalue weighted by molar-refractivity contribution is 0.102. The van der Waals surface area contributed by atoms with Gasteiger partial charge in [0, 0.05) is 13.2 Å². The van der Waals surface area contributed by atoms with Gasteiger partial charge >= 0.3 is 0 Å². The Kier molecular flexibility index (Phi) is 2.68. The number of para-hydroxylation sites is 1. The first-order valence-electron chi connectivity index (χ1n) is 4.71. The van der Waals surface area contributed by atoms with Crippen molar-refractivity contribution in [3.63, 3.8) is 0 Å². The zero-order valence-electron chi connectivity index (χ0n) is 8.64. The summed E-state index contributed by atoms with van der Waals surface area (Å²) in [5, 5.41) is 6.34. The highest BCUT2D eigenvalue weighted by molar-refractivity contribution is 6.03. The number of aromatic nitrogens is 2. The second-order valence-electron chi connectivity index (χ2n) is 3.34. The molecule has 0 radical (unpaired) electrons. The summed E-state index contributed by atoms with van der Waals surface area (Å²) in [7, 11) is 1.71. The number of anilines is 1. The fourth-order valence-corrected chi connectivity index (χ4v) is 1.30. The highest BCUT2D eigenvalue weighted by Crippen LogP contribution is 2.13. The van der Waals surface area contributed by atoms with Crippen molar-refractivity contribution in [3.05, 3.63) is 48.0 Å². The highest BCUT2D eigenvalue weighted by Gasteiger charge is 2.09. The Morgan fingerprint density at radius 3 is 2.81 bits per heavy atom. The molecule has 82 valence electrons. The molecule has 0 spiro atoms. The molecule has 16 heavy (non-hydrogen) atoms. The summed E-state index contributed by atoms with van der Waals surface area (Å²) in [5.41, 5.74) is 0.558. The standard InChI is InChI=1S/C11H10FN3O/c1-15-7-8(6-13-15)11(16)14-10-5-3-2-4-9(10)12/h2-7H,1H3,(H,14,16). The number of halogens is 1. The molecule has 0 aliphatic heterocycles. The predicted molar refractivity (Wildman–Crippen MR) is 57.6 cm³/mol. The van der Waals surface area contributed by atoms with Gasteiger partial charge in [0.25, 0.3) is 5.91 Å². The van der Waals surface area contributed by atoms with E-state index in [0.29, 0.717) is 5.56 Å². The van der Waals surface area contributed by atoms with Crippen LogP contribution in [0.3, 0.4) is 0 Å². The maximum absolute atomic E-state index is 13.2. The third-order valence-corrected chi connectivity index (χ3v) is 2.09. The van der Waals surface area contributed by atoms with E-state index in [0.717, 1.165) is 0 Å². The van der Waals surface area contributed by atoms with E-state index in [1.54, 1.807) is 25.4 Å². The molecule has 1 heterocycles. The van der Waals surface area contributed by atoms with E-state index in [2.05, 4.69) is 10.4 Å². The minimum absolute atomic E-state index is 0.163. The van der Waals surface area contributed by atoms with Gasteiger partial charge in [-0.25, -0.2) is 4.39 Å². The molecule has 0 unspecified atom stereocenters. The van der Waals surface area contributed by atoms with Gasteiger partial charge in [0.2, 0.25) is 0 Å². The van der Waals surface area contributed by atoms with Gasteiger partial charge in [-0.1, -0.05) is 12.1 Å². The van der Waals surface area contributed by atoms with Crippen LogP contribution in [-0.2, 0) is 7.05 Å². The quantitative estimate of drug-likeness (QED) is 0.837. The SMILES string of the molecule is Cn1cc(C(=O)Nc2ccccc2F)cn1. The molecule has 1 aromatic carbocycles. The molecular formula is C11H10FN3O. The Bertz CT molecular complexity index is 521. The van der Waals surface area contributed by atoms with Crippen molar-refractivity contribution in [2.75, 3.05) is 5.32 Å². The van der Waals surface area contributed by atoms with Gasteiger partial charge in [-0.05, 0) is 12.1 Å². The molecule has 0 saturated heterocycles. The van der Waals surface area contributed by atoms with Crippen LogP contribution < -0.4 is 5.32 Å². The second-order valence-corrected chi connectivity index (χ2v) is 3.34. The van der Waals surface area contributed by atoms with Crippen molar-refractivity contribution >= 4 is 11.6 Å². The van der Waals surface area contributed by atoms with Crippen LogP contribution in [0.4, 0.5) is 10.1 Å². The molecule has 0 bridgehead atoms. The Balaban J connectivity index is 2.17. The third-order valence-electron chi connectivity index (χ3n) is 2.09. The Hall–Kier alpha value is -2.17. The number of hydrogen-bond acceptors (Lipinski definition) is 2. The molecule has 2 rings (SSSR count). The van der Waals surface area contributed by atoms with E-state index in [9.17, 15) is 9.18 Å². The van der Waals surface area contributed by atoms with Crippen molar-refractivity contribution in [3.8, 4) is 0 Å². The van der Waals surface area contributed by atoms with E-state index in [4.69, 9.17) is 0 Å². The summed E-state index contributed by atoms with van der Waals surface area (Å²) in [6.07, 6.45) is 2.99. The van der Waals surface area contributed by atoms with Gasteiger partial charge in [0.1, 0.15) is 5.82 Å². The van der Waals surface area contributed by atoms with Gasteiger partial charge < -0.3 is 5.32 Å². The van der Waals surface area contributed by atoms with Crippen LogP contribution >= 0.6 is 0 Å². The topological polar surface area (TPSA) is 46.9 Å². The lowest BCUT2D eigenvalue weighted by Crippen LogP contribution is -2.12. The highest BCUT2D eigenvalue weighted by atomic mass is 19.1. The molecule has 4 nitrogen and oxygen atoms in total. The first kappa shape index (κ1) is 10.4. The number of benzene rings is 1. The predicted octanol–water partition coefficient (Wildman–Crippen LogP) is 1.81. The molecule has 0 aliphatic rings. The zero-order chi connectivity index (χ0) is 11.5. The maximum Gasteiger partial charge on any atom is 0.258 e. The number of nitrogens with zero attached hydrogens (tertiary/aromatic N) is 2. The minimum atomic E-state index is -0.459. The number of carbonyl (C=O) groups excluding carboxylic acids is 1. The van der Waals surface area contributed by atoms with E-state index >= 15 is 0 Å². The van der Waals surface area contributed by atoms with Crippen LogP contribution in [0.2, 0.25) is 0 Å². The third kappa shape index (κ3) is 2.08. The largest absolute Gasteiger partial charge is 0.319 e. The molecule has 5 heteroatoms. The van der Waals surface area contributed by atoms with Crippen molar-refractivity contribution in [2.45, 2.75) is 0 Å². The second kappa shape index (κ2) is 4.14. The molecule has 1 aromatic heterocycles. The van der Waals surface area contributed by atoms with Crippen LogP contribution in [0.1, 0.15) is 10.4 Å². The first-order valence-corrected chi connectivity index (χ1v) is 4.71. The minimum Gasteiger partial charge on any atom is -0.319 e. The summed E-state index contributed by atoms with van der Waals surface area (Å²) in [5.74, 6) is -0.835. The van der Waals surface area contributed by atoms with Crippen molar-refractivity contribution in [1.82, 2.24) is 9.78 Å². The molecule has 1 amide bonds. The number of carbonyl (C=O) groups is 1. The fraction of sp³-hybridized carbons (Fsp3) is 0.0909. The summed E-state index contributed by atoms with van der Waals surface area (Å²) in [6.45, 7) is 0. The van der Waals surface area contributed by atoms with Gasteiger partial charge in [0.05, 0.1) is 17.4 Å². The number of rotatable bonds is 2. The fourth-order valence-electron chi connectivity index (χ4n) is 1.30. The number of amides is 1. The first-order chi connectivity index (χ1) is 7.66. The van der Waals surface area contributed by atoms with Gasteiger partial charge in [-0.3, -0.25) is 9.48 Å². The van der Waals surface area contributed by atoms with Crippen molar-refractivity contribution < 1.29 is 9.18 Å². The molecule has 1 N–H and O–H groups in total. The number of nitrogens with one attached hydrogen (secondary N) is 1. The van der Waals surface area contributed by atoms with E-state index < -0.39 is 5.82 Å². The lowest BCUT2D eigenvalue weighted by Gasteiger charge is -2.03. The summed E-state index contributed by atoms with van der Waals surface area (Å²) in [4.78, 5) is 11.6. The average molecular weight is 219 g/mol. The summed E-state index contributed by atoms with van der Waals surface area (Å²) >= 11 is 0. The van der Waals surface area contributed by atoms with Crippen LogP contribution in [0, 0.1) is 5.82 Å². The Morgan fingerprint density at radius 2 is 2.19 bits per heavy atom. The molecule has 0 saturated carbocycles. The molecule has 2 aromatic rings. The maximum atomic E-state index is 13.2. The Labute approximate surface area is 91.7 Å². The molecule has 0 aliphatic carbocycles. The molecule has 0 atom stereocenters. The number of hydrogen-bond donors (Lipinski definition) is 1. The van der Waals surface area contributed by atoms with E-state index in [1.165, 1.54) is 23.0 Å². The van der Waals surface area contributed by atoms with Crippen molar-refractivity contribution in [1.29, 1.82) is 0 Å². The van der Waals surface area contributed by atoms with Crippen LogP contribution in [0.15, 0.2) is 36.7 Å². The number of aryl methyl sites for hydroxylation is 1. The molecular weight excluding hydrogens is 209 g/mol.